The van der Waals surface area contributed by atoms with Gasteiger partial charge in [0, 0.05) is 17.0 Å². The van der Waals surface area contributed by atoms with Crippen molar-refractivity contribution in [3.8, 4) is 11.4 Å². The van der Waals surface area contributed by atoms with Gasteiger partial charge >= 0.3 is 0 Å². The van der Waals surface area contributed by atoms with Crippen molar-refractivity contribution >= 4 is 35.6 Å². The first-order valence-electron chi connectivity index (χ1n) is 9.19. The number of carbonyl (C=O) groups excluding carboxylic acids is 1. The maximum absolute atomic E-state index is 12.1. The van der Waals surface area contributed by atoms with Gasteiger partial charge in [0.05, 0.1) is 12.0 Å². The van der Waals surface area contributed by atoms with E-state index in [1.807, 2.05) is 54.1 Å². The highest BCUT2D eigenvalue weighted by atomic mass is 32.2. The Morgan fingerprint density at radius 3 is 2.52 bits per heavy atom. The molecule has 0 radical (unpaired) electrons. The van der Waals surface area contributed by atoms with Gasteiger partial charge in [0.15, 0.2) is 11.0 Å². The number of hydrogen-bond acceptors (Lipinski definition) is 6. The van der Waals surface area contributed by atoms with Crippen molar-refractivity contribution in [2.45, 2.75) is 30.4 Å². The average Bonchev–Trinajstić information content (AvgIpc) is 3.16. The lowest BCUT2D eigenvalue weighted by Gasteiger charge is -2.07. The normalized spacial score (nSPS) is 11.1. The quantitative estimate of drug-likeness (QED) is 0.332. The van der Waals surface area contributed by atoms with Gasteiger partial charge in [-0.1, -0.05) is 53.7 Å². The summed E-state index contributed by atoms with van der Waals surface area (Å²) in [6, 6.07) is 16.1. The van der Waals surface area contributed by atoms with Crippen LogP contribution in [0.4, 0.5) is 0 Å². The molecule has 3 rings (SSSR count). The van der Waals surface area contributed by atoms with Gasteiger partial charge in [0.25, 0.3) is 5.91 Å². The molecule has 0 aliphatic carbocycles. The zero-order valence-electron chi connectivity index (χ0n) is 16.6. The van der Waals surface area contributed by atoms with Crippen molar-refractivity contribution in [3.63, 3.8) is 0 Å². The predicted octanol–water partition coefficient (Wildman–Crippen LogP) is 4.24. The van der Waals surface area contributed by atoms with Crippen molar-refractivity contribution in [2.75, 3.05) is 12.0 Å². The standard InChI is InChI=1S/C21H23N5OS2/c1-4-26-20(17-9-5-15(2)6-10-17)24-25-21(26)29-14-19(27)23-22-13-16-7-11-18(28-3)12-8-16/h5-13H,4,14H2,1-3H3,(H,23,27). The van der Waals surface area contributed by atoms with E-state index < -0.39 is 0 Å². The molecule has 0 atom stereocenters. The molecule has 0 bridgehead atoms. The highest BCUT2D eigenvalue weighted by Gasteiger charge is 2.14. The van der Waals surface area contributed by atoms with Crippen molar-refractivity contribution in [2.24, 2.45) is 5.10 Å². The van der Waals surface area contributed by atoms with Crippen molar-refractivity contribution < 1.29 is 4.79 Å². The van der Waals surface area contributed by atoms with E-state index >= 15 is 0 Å². The SMILES string of the molecule is CCn1c(SCC(=O)NN=Cc2ccc(SC)cc2)nnc1-c1ccc(C)cc1. The van der Waals surface area contributed by atoms with E-state index in [0.717, 1.165) is 28.7 Å². The summed E-state index contributed by atoms with van der Waals surface area (Å²) in [5.74, 6) is 0.839. The highest BCUT2D eigenvalue weighted by Crippen LogP contribution is 2.24. The first-order chi connectivity index (χ1) is 14.1. The fraction of sp³-hybridized carbons (Fsp3) is 0.238. The molecular formula is C21H23N5OS2. The molecule has 29 heavy (non-hydrogen) atoms. The van der Waals surface area contributed by atoms with Gasteiger partial charge in [-0.25, -0.2) is 5.43 Å². The summed E-state index contributed by atoms with van der Waals surface area (Å²) in [6.07, 6.45) is 3.67. The van der Waals surface area contributed by atoms with E-state index in [-0.39, 0.29) is 11.7 Å². The van der Waals surface area contributed by atoms with Crippen LogP contribution in [-0.4, -0.2) is 38.9 Å². The minimum atomic E-state index is -0.186. The van der Waals surface area contributed by atoms with Crippen LogP contribution in [0.25, 0.3) is 11.4 Å². The number of aromatic nitrogens is 3. The van der Waals surface area contributed by atoms with Crippen LogP contribution in [0.3, 0.4) is 0 Å². The van der Waals surface area contributed by atoms with Crippen LogP contribution in [0.1, 0.15) is 18.1 Å². The number of amides is 1. The van der Waals surface area contributed by atoms with Gasteiger partial charge in [0.1, 0.15) is 0 Å². The summed E-state index contributed by atoms with van der Waals surface area (Å²) in [7, 11) is 0. The molecule has 2 aromatic carbocycles. The second-order valence-corrected chi connectivity index (χ2v) is 8.09. The van der Waals surface area contributed by atoms with Crippen LogP contribution in [0.5, 0.6) is 0 Å². The smallest absolute Gasteiger partial charge is 0.250 e. The second-order valence-electron chi connectivity index (χ2n) is 6.27. The van der Waals surface area contributed by atoms with Crippen LogP contribution in [0.2, 0.25) is 0 Å². The monoisotopic (exact) mass is 425 g/mol. The van der Waals surface area contributed by atoms with Crippen LogP contribution in [0, 0.1) is 6.92 Å². The van der Waals surface area contributed by atoms with Crippen molar-refractivity contribution in [1.29, 1.82) is 0 Å². The summed E-state index contributed by atoms with van der Waals surface area (Å²) >= 11 is 3.03. The summed E-state index contributed by atoms with van der Waals surface area (Å²) in [5.41, 5.74) is 5.70. The van der Waals surface area contributed by atoms with Gasteiger partial charge < -0.3 is 4.57 Å². The van der Waals surface area contributed by atoms with Crippen LogP contribution >= 0.6 is 23.5 Å². The zero-order valence-corrected chi connectivity index (χ0v) is 18.3. The molecule has 0 saturated carbocycles. The Kier molecular flexibility index (Phi) is 7.48. The maximum Gasteiger partial charge on any atom is 0.250 e. The largest absolute Gasteiger partial charge is 0.302 e. The van der Waals surface area contributed by atoms with Gasteiger partial charge in [-0.2, -0.15) is 5.10 Å². The Morgan fingerprint density at radius 1 is 1.14 bits per heavy atom. The molecule has 1 heterocycles. The van der Waals surface area contributed by atoms with E-state index in [9.17, 15) is 4.79 Å². The average molecular weight is 426 g/mol. The summed E-state index contributed by atoms with van der Waals surface area (Å²) in [5, 5.41) is 13.3. The Labute approximate surface area is 179 Å². The number of nitrogens with zero attached hydrogens (tertiary/aromatic N) is 4. The highest BCUT2D eigenvalue weighted by molar-refractivity contribution is 7.99. The summed E-state index contributed by atoms with van der Waals surface area (Å²) in [6.45, 7) is 4.82. The lowest BCUT2D eigenvalue weighted by Crippen LogP contribution is -2.20. The molecule has 0 spiro atoms. The summed E-state index contributed by atoms with van der Waals surface area (Å²) in [4.78, 5) is 13.3. The van der Waals surface area contributed by atoms with Crippen LogP contribution in [-0.2, 0) is 11.3 Å². The van der Waals surface area contributed by atoms with Gasteiger partial charge in [-0.05, 0) is 37.8 Å². The minimum Gasteiger partial charge on any atom is -0.302 e. The van der Waals surface area contributed by atoms with E-state index in [2.05, 4.69) is 39.8 Å². The van der Waals surface area contributed by atoms with Gasteiger partial charge in [-0.3, -0.25) is 4.79 Å². The van der Waals surface area contributed by atoms with Crippen LogP contribution < -0.4 is 5.43 Å². The molecule has 0 aliphatic rings. The molecule has 0 fully saturated rings. The second kappa shape index (κ2) is 10.3. The number of rotatable bonds is 8. The lowest BCUT2D eigenvalue weighted by molar-refractivity contribution is -0.118. The summed E-state index contributed by atoms with van der Waals surface area (Å²) < 4.78 is 2.01. The first kappa shape index (κ1) is 21.1. The topological polar surface area (TPSA) is 72.2 Å². The zero-order chi connectivity index (χ0) is 20.6. The number of hydrogen-bond donors (Lipinski definition) is 1. The lowest BCUT2D eigenvalue weighted by atomic mass is 10.1. The minimum absolute atomic E-state index is 0.186. The fourth-order valence-corrected chi connectivity index (χ4v) is 3.83. The van der Waals surface area contributed by atoms with E-state index in [4.69, 9.17) is 0 Å². The molecule has 1 aromatic heterocycles. The van der Waals surface area contributed by atoms with E-state index in [1.165, 1.54) is 22.2 Å². The Bertz CT molecular complexity index is 981. The molecule has 6 nitrogen and oxygen atoms in total. The van der Waals surface area contributed by atoms with E-state index in [0.29, 0.717) is 0 Å². The molecule has 150 valence electrons. The number of hydrazone groups is 1. The van der Waals surface area contributed by atoms with Gasteiger partial charge in [0.2, 0.25) is 0 Å². The number of carbonyl (C=O) groups is 1. The molecule has 0 aliphatic heterocycles. The van der Waals surface area contributed by atoms with Crippen molar-refractivity contribution in [3.05, 3.63) is 59.7 Å². The molecular weight excluding hydrogens is 402 g/mol. The third kappa shape index (κ3) is 5.71. The predicted molar refractivity (Wildman–Crippen MR) is 121 cm³/mol. The van der Waals surface area contributed by atoms with Crippen LogP contribution in [0.15, 0.2) is 63.7 Å². The third-order valence-electron chi connectivity index (χ3n) is 4.19. The fourth-order valence-electron chi connectivity index (χ4n) is 2.63. The number of nitrogens with one attached hydrogen (secondary N) is 1. The molecule has 1 amide bonds. The molecule has 1 N–H and O–H groups in total. The van der Waals surface area contributed by atoms with E-state index in [1.54, 1.807) is 18.0 Å². The Morgan fingerprint density at radius 2 is 1.86 bits per heavy atom. The molecule has 3 aromatic rings. The molecule has 0 saturated heterocycles. The van der Waals surface area contributed by atoms with Gasteiger partial charge in [-0.15, -0.1) is 22.0 Å². The first-order valence-corrected chi connectivity index (χ1v) is 11.4. The Hall–Kier alpha value is -2.58. The third-order valence-corrected chi connectivity index (χ3v) is 5.90. The Balaban J connectivity index is 1.57. The molecule has 8 heteroatoms. The van der Waals surface area contributed by atoms with Crippen molar-refractivity contribution in [1.82, 2.24) is 20.2 Å². The number of thioether (sulfide) groups is 2. The number of benzene rings is 2. The molecule has 0 unspecified atom stereocenters. The maximum atomic E-state index is 12.1. The number of aryl methyl sites for hydroxylation is 1.